The highest BCUT2D eigenvalue weighted by atomic mass is 16.5. The summed E-state index contributed by atoms with van der Waals surface area (Å²) in [6, 6.07) is 18.5. The first-order valence-electron chi connectivity index (χ1n) is 8.25. The largest absolute Gasteiger partial charge is 0.457 e. The quantitative estimate of drug-likeness (QED) is 0.743. The van der Waals surface area contributed by atoms with Crippen molar-refractivity contribution in [3.05, 3.63) is 89.1 Å². The Kier molecular flexibility index (Phi) is 5.43. The maximum atomic E-state index is 12.1. The van der Waals surface area contributed by atoms with E-state index in [-0.39, 0.29) is 18.5 Å². The summed E-state index contributed by atoms with van der Waals surface area (Å²) in [5.41, 5.74) is 0.495. The molecule has 1 heterocycles. The van der Waals surface area contributed by atoms with Crippen LogP contribution in [0.3, 0.4) is 0 Å². The van der Waals surface area contributed by atoms with Crippen LogP contribution in [0.2, 0.25) is 0 Å². The van der Waals surface area contributed by atoms with E-state index in [9.17, 15) is 9.59 Å². The van der Waals surface area contributed by atoms with Crippen LogP contribution in [-0.4, -0.2) is 15.5 Å². The van der Waals surface area contributed by atoms with Crippen LogP contribution in [0, 0.1) is 0 Å². The molecule has 3 rings (SSSR count). The number of amides is 1. The van der Waals surface area contributed by atoms with Crippen molar-refractivity contribution in [3.8, 4) is 11.5 Å². The number of nitrogens with one attached hydrogen (secondary N) is 1. The third-order valence-corrected chi connectivity index (χ3v) is 3.83. The smallest absolute Gasteiger partial charge is 0.347 e. The molecule has 1 unspecified atom stereocenters. The van der Waals surface area contributed by atoms with Gasteiger partial charge in [0, 0.05) is 12.4 Å². The molecule has 0 fully saturated rings. The Morgan fingerprint density at radius 3 is 2.46 bits per heavy atom. The summed E-state index contributed by atoms with van der Waals surface area (Å²) in [7, 11) is 0. The van der Waals surface area contributed by atoms with Crippen molar-refractivity contribution >= 4 is 5.91 Å². The molecule has 6 heteroatoms. The number of hydrogen-bond acceptors (Lipinski definition) is 4. The first kappa shape index (κ1) is 17.4. The Bertz CT molecular complexity index is 921. The maximum Gasteiger partial charge on any atom is 0.347 e. The first-order valence-corrected chi connectivity index (χ1v) is 8.25. The number of para-hydroxylation sites is 1. The number of nitrogens with zero attached hydrogens (tertiary/aromatic N) is 2. The van der Waals surface area contributed by atoms with E-state index in [1.165, 1.54) is 17.0 Å². The van der Waals surface area contributed by atoms with Crippen LogP contribution in [-0.2, 0) is 11.3 Å². The molecule has 0 radical (unpaired) electrons. The van der Waals surface area contributed by atoms with Crippen LogP contribution < -0.4 is 15.7 Å². The lowest BCUT2D eigenvalue weighted by molar-refractivity contribution is -0.122. The molecular weight excluding hydrogens is 330 g/mol. The third-order valence-electron chi connectivity index (χ3n) is 3.83. The van der Waals surface area contributed by atoms with E-state index in [2.05, 4.69) is 10.3 Å². The number of aromatic nitrogens is 2. The molecule has 0 aliphatic carbocycles. The van der Waals surface area contributed by atoms with Crippen molar-refractivity contribution in [3.63, 3.8) is 0 Å². The molecule has 6 nitrogen and oxygen atoms in total. The van der Waals surface area contributed by atoms with Gasteiger partial charge in [0.25, 0.3) is 0 Å². The fraction of sp³-hybridized carbons (Fsp3) is 0.150. The van der Waals surface area contributed by atoms with Gasteiger partial charge in [-0.2, -0.15) is 0 Å². The summed E-state index contributed by atoms with van der Waals surface area (Å²) in [5.74, 6) is 1.24. The van der Waals surface area contributed by atoms with Gasteiger partial charge in [0.05, 0.1) is 6.04 Å². The molecule has 26 heavy (non-hydrogen) atoms. The molecule has 0 saturated heterocycles. The summed E-state index contributed by atoms with van der Waals surface area (Å²) in [6.45, 7) is 1.82. The van der Waals surface area contributed by atoms with E-state index >= 15 is 0 Å². The van der Waals surface area contributed by atoms with Gasteiger partial charge in [-0.3, -0.25) is 9.36 Å². The van der Waals surface area contributed by atoms with Gasteiger partial charge in [0.1, 0.15) is 18.0 Å². The van der Waals surface area contributed by atoms with Gasteiger partial charge in [0.15, 0.2) is 0 Å². The van der Waals surface area contributed by atoms with Crippen LogP contribution in [0.5, 0.6) is 11.5 Å². The predicted octanol–water partition coefficient (Wildman–Crippen LogP) is 2.91. The third kappa shape index (κ3) is 4.57. The van der Waals surface area contributed by atoms with E-state index in [1.807, 2.05) is 61.5 Å². The minimum Gasteiger partial charge on any atom is -0.457 e. The molecule has 0 spiro atoms. The lowest BCUT2D eigenvalue weighted by atomic mass is 10.1. The fourth-order valence-corrected chi connectivity index (χ4v) is 2.48. The summed E-state index contributed by atoms with van der Waals surface area (Å²) >= 11 is 0. The van der Waals surface area contributed by atoms with Gasteiger partial charge in [-0.15, -0.1) is 0 Å². The molecule has 1 N–H and O–H groups in total. The minimum absolute atomic E-state index is 0.0633. The molecule has 1 atom stereocenters. The number of ether oxygens (including phenoxy) is 1. The highest BCUT2D eigenvalue weighted by molar-refractivity contribution is 5.76. The van der Waals surface area contributed by atoms with E-state index in [0.717, 1.165) is 17.1 Å². The van der Waals surface area contributed by atoms with E-state index in [4.69, 9.17) is 4.74 Å². The monoisotopic (exact) mass is 349 g/mol. The van der Waals surface area contributed by atoms with Gasteiger partial charge in [-0.05, 0) is 42.8 Å². The Labute approximate surface area is 151 Å². The Balaban J connectivity index is 1.59. The number of hydrogen-bond donors (Lipinski definition) is 1. The second kappa shape index (κ2) is 8.11. The molecular formula is C20H19N3O3. The topological polar surface area (TPSA) is 73.2 Å². The number of benzene rings is 2. The van der Waals surface area contributed by atoms with Crippen molar-refractivity contribution in [2.45, 2.75) is 19.5 Å². The molecule has 0 aliphatic heterocycles. The minimum atomic E-state index is -0.447. The molecule has 132 valence electrons. The second-order valence-corrected chi connectivity index (χ2v) is 5.80. The van der Waals surface area contributed by atoms with Crippen molar-refractivity contribution in [1.29, 1.82) is 0 Å². The van der Waals surface area contributed by atoms with Crippen LogP contribution in [0.4, 0.5) is 0 Å². The molecule has 0 aliphatic rings. The first-order chi connectivity index (χ1) is 12.6. The van der Waals surface area contributed by atoms with Crippen molar-refractivity contribution in [1.82, 2.24) is 14.9 Å². The highest BCUT2D eigenvalue weighted by Crippen LogP contribution is 2.23. The maximum absolute atomic E-state index is 12.1. The molecule has 3 aromatic rings. The average molecular weight is 349 g/mol. The van der Waals surface area contributed by atoms with Crippen LogP contribution in [0.25, 0.3) is 0 Å². The van der Waals surface area contributed by atoms with Gasteiger partial charge >= 0.3 is 5.69 Å². The van der Waals surface area contributed by atoms with E-state index in [1.54, 1.807) is 6.07 Å². The van der Waals surface area contributed by atoms with Gasteiger partial charge in [0.2, 0.25) is 5.91 Å². The zero-order valence-electron chi connectivity index (χ0n) is 14.3. The van der Waals surface area contributed by atoms with Crippen LogP contribution in [0.1, 0.15) is 18.5 Å². The lowest BCUT2D eigenvalue weighted by Crippen LogP contribution is -2.34. The number of rotatable bonds is 6. The average Bonchev–Trinajstić information content (AvgIpc) is 2.65. The summed E-state index contributed by atoms with van der Waals surface area (Å²) in [6.07, 6.45) is 2.94. The van der Waals surface area contributed by atoms with Crippen molar-refractivity contribution < 1.29 is 9.53 Å². The summed E-state index contributed by atoms with van der Waals surface area (Å²) in [5, 5.41) is 2.87. The van der Waals surface area contributed by atoms with Crippen LogP contribution >= 0.6 is 0 Å². The summed E-state index contributed by atoms with van der Waals surface area (Å²) < 4.78 is 7.02. The Morgan fingerprint density at radius 2 is 1.77 bits per heavy atom. The lowest BCUT2D eigenvalue weighted by Gasteiger charge is -2.15. The molecule has 0 saturated carbocycles. The van der Waals surface area contributed by atoms with E-state index in [0.29, 0.717) is 0 Å². The Morgan fingerprint density at radius 1 is 1.08 bits per heavy atom. The number of carbonyl (C=O) groups excluding carboxylic acids is 1. The second-order valence-electron chi connectivity index (χ2n) is 5.80. The van der Waals surface area contributed by atoms with Gasteiger partial charge < -0.3 is 10.1 Å². The van der Waals surface area contributed by atoms with Gasteiger partial charge in [-0.25, -0.2) is 9.78 Å². The van der Waals surface area contributed by atoms with E-state index < -0.39 is 5.69 Å². The van der Waals surface area contributed by atoms with Crippen molar-refractivity contribution in [2.24, 2.45) is 0 Å². The highest BCUT2D eigenvalue weighted by Gasteiger charge is 2.11. The molecule has 0 bridgehead atoms. The Hall–Kier alpha value is -3.41. The SMILES string of the molecule is CC(NC(=O)Cn1cccnc1=O)c1ccc(Oc2ccccc2)cc1. The van der Waals surface area contributed by atoms with Crippen LogP contribution in [0.15, 0.2) is 77.9 Å². The normalized spacial score (nSPS) is 11.6. The molecule has 1 amide bonds. The zero-order valence-corrected chi connectivity index (χ0v) is 14.3. The standard InChI is InChI=1S/C20H19N3O3/c1-15(22-19(24)14-23-13-5-12-21-20(23)25)16-8-10-18(11-9-16)26-17-6-3-2-4-7-17/h2-13,15H,14H2,1H3,(H,22,24). The molecule has 2 aromatic carbocycles. The summed E-state index contributed by atoms with van der Waals surface area (Å²) in [4.78, 5) is 27.3. The zero-order chi connectivity index (χ0) is 18.4. The predicted molar refractivity (Wildman–Crippen MR) is 98.0 cm³/mol. The van der Waals surface area contributed by atoms with Gasteiger partial charge in [-0.1, -0.05) is 30.3 Å². The fourth-order valence-electron chi connectivity index (χ4n) is 2.48. The van der Waals surface area contributed by atoms with Crippen molar-refractivity contribution in [2.75, 3.05) is 0 Å². The number of carbonyl (C=O) groups is 1. The molecule has 1 aromatic heterocycles.